The maximum atomic E-state index is 14.1. The van der Waals surface area contributed by atoms with Crippen LogP contribution in [0.1, 0.15) is 35.8 Å². The standard InChI is InChI=1S/C16H18FN3O2/c1-9-11(8-13(18)22)15-12(21)5-3-7-20(15)14(9)10-4-2-6-19-16(10)17/h2,4,6,12,21H,3,5,7-8H2,1H3,(H2,18,22). The van der Waals surface area contributed by atoms with Crippen molar-refractivity contribution in [3.63, 3.8) is 0 Å². The van der Waals surface area contributed by atoms with Gasteiger partial charge in [-0.2, -0.15) is 4.39 Å². The molecule has 0 aliphatic carbocycles. The quantitative estimate of drug-likeness (QED) is 0.849. The van der Waals surface area contributed by atoms with Crippen LogP contribution in [0.5, 0.6) is 0 Å². The summed E-state index contributed by atoms with van der Waals surface area (Å²) < 4.78 is 16.0. The zero-order valence-corrected chi connectivity index (χ0v) is 12.3. The van der Waals surface area contributed by atoms with Crippen LogP contribution in [0, 0.1) is 12.9 Å². The van der Waals surface area contributed by atoms with E-state index in [0.29, 0.717) is 35.5 Å². The lowest BCUT2D eigenvalue weighted by atomic mass is 9.99. The van der Waals surface area contributed by atoms with E-state index in [-0.39, 0.29) is 6.42 Å². The lowest BCUT2D eigenvalue weighted by molar-refractivity contribution is -0.117. The van der Waals surface area contributed by atoms with E-state index in [1.807, 2.05) is 11.5 Å². The first-order valence-electron chi connectivity index (χ1n) is 7.29. The Morgan fingerprint density at radius 2 is 2.36 bits per heavy atom. The van der Waals surface area contributed by atoms with Crippen molar-refractivity contribution in [3.05, 3.63) is 41.1 Å². The number of carbonyl (C=O) groups excluding carboxylic acids is 1. The predicted octanol–water partition coefficient (Wildman–Crippen LogP) is 1.85. The van der Waals surface area contributed by atoms with Gasteiger partial charge in [-0.25, -0.2) is 4.98 Å². The molecular formula is C16H18FN3O2. The molecule has 1 aliphatic heterocycles. The second-order valence-electron chi connectivity index (χ2n) is 5.63. The summed E-state index contributed by atoms with van der Waals surface area (Å²) in [6.45, 7) is 2.51. The molecule has 116 valence electrons. The monoisotopic (exact) mass is 303 g/mol. The van der Waals surface area contributed by atoms with Crippen LogP contribution in [0.4, 0.5) is 4.39 Å². The van der Waals surface area contributed by atoms with Gasteiger partial charge in [0.25, 0.3) is 0 Å². The minimum Gasteiger partial charge on any atom is -0.387 e. The fraction of sp³-hybridized carbons (Fsp3) is 0.375. The molecule has 5 nitrogen and oxygen atoms in total. The molecule has 1 unspecified atom stereocenters. The molecule has 0 spiro atoms. The molecule has 3 rings (SSSR count). The molecule has 0 bridgehead atoms. The van der Waals surface area contributed by atoms with Crippen LogP contribution in [0.15, 0.2) is 18.3 Å². The van der Waals surface area contributed by atoms with E-state index in [1.54, 1.807) is 12.1 Å². The van der Waals surface area contributed by atoms with Gasteiger partial charge in [0, 0.05) is 12.7 Å². The van der Waals surface area contributed by atoms with E-state index in [0.717, 1.165) is 12.0 Å². The maximum Gasteiger partial charge on any atom is 0.222 e. The highest BCUT2D eigenvalue weighted by Crippen LogP contribution is 2.39. The number of aliphatic hydroxyl groups is 1. The van der Waals surface area contributed by atoms with Gasteiger partial charge < -0.3 is 15.4 Å². The van der Waals surface area contributed by atoms with Gasteiger partial charge in [-0.15, -0.1) is 0 Å². The molecule has 2 aromatic heterocycles. The number of nitrogens with zero attached hydrogens (tertiary/aromatic N) is 2. The largest absolute Gasteiger partial charge is 0.387 e. The van der Waals surface area contributed by atoms with Crippen molar-refractivity contribution >= 4 is 5.91 Å². The highest BCUT2D eigenvalue weighted by molar-refractivity contribution is 5.79. The predicted molar refractivity (Wildman–Crippen MR) is 79.5 cm³/mol. The Morgan fingerprint density at radius 1 is 1.59 bits per heavy atom. The molecule has 0 saturated heterocycles. The first kappa shape index (κ1) is 14.7. The number of aliphatic hydroxyl groups excluding tert-OH is 1. The van der Waals surface area contributed by atoms with Crippen LogP contribution in [0.2, 0.25) is 0 Å². The summed E-state index contributed by atoms with van der Waals surface area (Å²) in [6, 6.07) is 3.33. The molecule has 1 atom stereocenters. The van der Waals surface area contributed by atoms with Crippen molar-refractivity contribution in [1.29, 1.82) is 0 Å². The van der Waals surface area contributed by atoms with Gasteiger partial charge >= 0.3 is 0 Å². The third-order valence-corrected chi connectivity index (χ3v) is 4.22. The third kappa shape index (κ3) is 2.29. The van der Waals surface area contributed by atoms with Crippen molar-refractivity contribution in [2.75, 3.05) is 0 Å². The number of pyridine rings is 1. The molecule has 3 N–H and O–H groups in total. The van der Waals surface area contributed by atoms with Crippen molar-refractivity contribution < 1.29 is 14.3 Å². The van der Waals surface area contributed by atoms with E-state index in [9.17, 15) is 14.3 Å². The van der Waals surface area contributed by atoms with Gasteiger partial charge in [0.05, 0.1) is 29.5 Å². The second-order valence-corrected chi connectivity index (χ2v) is 5.63. The normalized spacial score (nSPS) is 17.3. The zero-order chi connectivity index (χ0) is 15.9. The minimum absolute atomic E-state index is 0.0418. The fourth-order valence-electron chi connectivity index (χ4n) is 3.32. The highest BCUT2D eigenvalue weighted by Gasteiger charge is 2.30. The van der Waals surface area contributed by atoms with Crippen LogP contribution in [0.3, 0.4) is 0 Å². The number of carbonyl (C=O) groups is 1. The summed E-state index contributed by atoms with van der Waals surface area (Å²) in [4.78, 5) is 15.1. The third-order valence-electron chi connectivity index (χ3n) is 4.22. The number of fused-ring (bicyclic) bond motifs is 1. The average molecular weight is 303 g/mol. The summed E-state index contributed by atoms with van der Waals surface area (Å²) in [6.07, 6.45) is 2.21. The van der Waals surface area contributed by atoms with Crippen molar-refractivity contribution in [2.45, 2.75) is 38.8 Å². The van der Waals surface area contributed by atoms with Crippen LogP contribution < -0.4 is 5.73 Å². The van der Waals surface area contributed by atoms with Gasteiger partial charge in [0.15, 0.2) is 0 Å². The van der Waals surface area contributed by atoms with E-state index in [1.165, 1.54) is 6.20 Å². The second kappa shape index (κ2) is 5.53. The molecular weight excluding hydrogens is 285 g/mol. The average Bonchev–Trinajstić information content (AvgIpc) is 2.73. The van der Waals surface area contributed by atoms with Crippen LogP contribution in [-0.4, -0.2) is 20.6 Å². The molecule has 0 fully saturated rings. The number of amides is 1. The number of rotatable bonds is 3. The zero-order valence-electron chi connectivity index (χ0n) is 12.3. The lowest BCUT2D eigenvalue weighted by Gasteiger charge is -2.23. The Bertz CT molecular complexity index is 739. The van der Waals surface area contributed by atoms with Gasteiger partial charge in [-0.1, -0.05) is 0 Å². The first-order valence-corrected chi connectivity index (χ1v) is 7.29. The smallest absolute Gasteiger partial charge is 0.222 e. The first-order chi connectivity index (χ1) is 10.5. The highest BCUT2D eigenvalue weighted by atomic mass is 19.1. The number of nitrogens with two attached hydrogens (primary N) is 1. The molecule has 3 heterocycles. The minimum atomic E-state index is -0.657. The van der Waals surface area contributed by atoms with Gasteiger partial charge in [0.2, 0.25) is 11.9 Å². The molecule has 0 radical (unpaired) electrons. The summed E-state index contributed by atoms with van der Waals surface area (Å²) in [5, 5.41) is 10.3. The summed E-state index contributed by atoms with van der Waals surface area (Å²) in [5.41, 5.74) is 8.56. The number of hydrogen-bond donors (Lipinski definition) is 2. The number of halogens is 1. The van der Waals surface area contributed by atoms with E-state index in [4.69, 9.17) is 5.73 Å². The van der Waals surface area contributed by atoms with Crippen molar-refractivity contribution in [3.8, 4) is 11.3 Å². The summed E-state index contributed by atoms with van der Waals surface area (Å²) in [5.74, 6) is -1.02. The summed E-state index contributed by atoms with van der Waals surface area (Å²) in [7, 11) is 0. The topological polar surface area (TPSA) is 81.1 Å². The van der Waals surface area contributed by atoms with Gasteiger partial charge in [-0.05, 0) is 43.0 Å². The number of aromatic nitrogens is 2. The number of primary amides is 1. The molecule has 1 aliphatic rings. The van der Waals surface area contributed by atoms with Gasteiger partial charge in [-0.3, -0.25) is 4.79 Å². The number of hydrogen-bond acceptors (Lipinski definition) is 3. The molecule has 1 amide bonds. The fourth-order valence-corrected chi connectivity index (χ4v) is 3.32. The van der Waals surface area contributed by atoms with Crippen LogP contribution >= 0.6 is 0 Å². The van der Waals surface area contributed by atoms with Crippen LogP contribution in [-0.2, 0) is 17.8 Å². The molecule has 6 heteroatoms. The molecule has 2 aromatic rings. The van der Waals surface area contributed by atoms with Gasteiger partial charge in [0.1, 0.15) is 0 Å². The molecule has 0 aromatic carbocycles. The maximum absolute atomic E-state index is 14.1. The molecule has 22 heavy (non-hydrogen) atoms. The molecule has 0 saturated carbocycles. The van der Waals surface area contributed by atoms with Crippen LogP contribution in [0.25, 0.3) is 11.3 Å². The Hall–Kier alpha value is -2.21. The Kier molecular flexibility index (Phi) is 3.70. The summed E-state index contributed by atoms with van der Waals surface area (Å²) >= 11 is 0. The Morgan fingerprint density at radius 3 is 3.05 bits per heavy atom. The Labute approximate surface area is 127 Å². The van der Waals surface area contributed by atoms with Crippen molar-refractivity contribution in [2.24, 2.45) is 5.73 Å². The Balaban J connectivity index is 2.27. The van der Waals surface area contributed by atoms with E-state index >= 15 is 0 Å². The SMILES string of the molecule is Cc1c(CC(N)=O)c2n(c1-c1cccnc1F)CCCC2O. The van der Waals surface area contributed by atoms with E-state index in [2.05, 4.69) is 4.98 Å². The lowest BCUT2D eigenvalue weighted by Crippen LogP contribution is -2.20. The van der Waals surface area contributed by atoms with E-state index < -0.39 is 18.0 Å². The van der Waals surface area contributed by atoms with Crippen molar-refractivity contribution in [1.82, 2.24) is 9.55 Å².